The van der Waals surface area contributed by atoms with Gasteiger partial charge >= 0.3 is 12.0 Å². The molecule has 6 rings (SSSR count). The number of rotatable bonds is 13. The molecule has 0 bridgehead atoms. The standard InChI is InChI=1S/C34H39FN6O4S/c1-2-44-32(42)5-3-4-14-40-15-17-41(18-16-40)22-23-6-10-27(37-21-23)31-20-28-33(46-31)30(12-13-36-28)45-29-11-9-25(19-26(29)35)39-34(43)38-24-7-8-24/h6,9-13,19-21,24H,2-5,7-8,14-18,22H2,1H3,(H2,38,39,43). The number of thiophene rings is 1. The van der Waals surface area contributed by atoms with Crippen LogP contribution in [0.3, 0.4) is 0 Å². The smallest absolute Gasteiger partial charge is 0.319 e. The number of aromatic nitrogens is 2. The molecule has 12 heteroatoms. The Kier molecular flexibility index (Phi) is 10.4. The Hall–Kier alpha value is -4.13. The lowest BCUT2D eigenvalue weighted by Crippen LogP contribution is -2.46. The lowest BCUT2D eigenvalue weighted by atomic mass is 10.2. The molecule has 242 valence electrons. The molecule has 0 atom stereocenters. The molecular weight excluding hydrogens is 607 g/mol. The number of urea groups is 1. The summed E-state index contributed by atoms with van der Waals surface area (Å²) in [4.78, 5) is 38.6. The highest BCUT2D eigenvalue weighted by Crippen LogP contribution is 2.39. The van der Waals surface area contributed by atoms with E-state index in [0.717, 1.165) is 91.3 Å². The van der Waals surface area contributed by atoms with E-state index in [0.29, 0.717) is 24.5 Å². The minimum Gasteiger partial charge on any atom is -0.466 e. The molecular formula is C34H39FN6O4S. The molecule has 3 aromatic heterocycles. The van der Waals surface area contributed by atoms with Gasteiger partial charge in [0, 0.05) is 75.4 Å². The predicted molar refractivity (Wildman–Crippen MR) is 177 cm³/mol. The number of piperazine rings is 1. The van der Waals surface area contributed by atoms with Crippen molar-refractivity contribution in [1.82, 2.24) is 25.1 Å². The van der Waals surface area contributed by atoms with Crippen molar-refractivity contribution in [1.29, 1.82) is 0 Å². The Labute approximate surface area is 271 Å². The van der Waals surface area contributed by atoms with Crippen LogP contribution in [0, 0.1) is 5.82 Å². The summed E-state index contributed by atoms with van der Waals surface area (Å²) in [5, 5.41) is 5.48. The van der Waals surface area contributed by atoms with E-state index < -0.39 is 5.82 Å². The van der Waals surface area contributed by atoms with Gasteiger partial charge in [-0.25, -0.2) is 9.18 Å². The average molecular weight is 647 g/mol. The summed E-state index contributed by atoms with van der Waals surface area (Å²) in [6, 6.07) is 12.1. The summed E-state index contributed by atoms with van der Waals surface area (Å²) in [6.45, 7) is 8.18. The first kappa shape index (κ1) is 31.8. The average Bonchev–Trinajstić information content (AvgIpc) is 3.75. The number of nitrogens with zero attached hydrogens (tertiary/aromatic N) is 4. The minimum absolute atomic E-state index is 0.0629. The number of carbonyl (C=O) groups is 2. The Morgan fingerprint density at radius 3 is 2.57 bits per heavy atom. The Morgan fingerprint density at radius 2 is 1.83 bits per heavy atom. The first-order valence-electron chi connectivity index (χ1n) is 15.9. The number of unbranched alkanes of at least 4 members (excludes halogenated alkanes) is 1. The molecule has 1 aliphatic carbocycles. The van der Waals surface area contributed by atoms with Crippen molar-refractivity contribution >= 4 is 39.2 Å². The number of nitrogens with one attached hydrogen (secondary N) is 2. The summed E-state index contributed by atoms with van der Waals surface area (Å²) in [5.41, 5.74) is 3.11. The van der Waals surface area contributed by atoms with E-state index in [4.69, 9.17) is 14.5 Å². The molecule has 0 radical (unpaired) electrons. The zero-order valence-corrected chi connectivity index (χ0v) is 26.8. The highest BCUT2D eigenvalue weighted by atomic mass is 32.1. The maximum Gasteiger partial charge on any atom is 0.319 e. The molecule has 1 aromatic carbocycles. The number of esters is 1. The molecule has 10 nitrogen and oxygen atoms in total. The molecule has 2 fully saturated rings. The lowest BCUT2D eigenvalue weighted by molar-refractivity contribution is -0.143. The van der Waals surface area contributed by atoms with E-state index in [9.17, 15) is 14.0 Å². The largest absolute Gasteiger partial charge is 0.466 e. The van der Waals surface area contributed by atoms with Crippen molar-refractivity contribution in [3.63, 3.8) is 0 Å². The lowest BCUT2D eigenvalue weighted by Gasteiger charge is -2.34. The van der Waals surface area contributed by atoms with Gasteiger partial charge < -0.3 is 25.0 Å². The van der Waals surface area contributed by atoms with Crippen LogP contribution < -0.4 is 15.4 Å². The molecule has 4 aromatic rings. The SMILES string of the molecule is CCOC(=O)CCCCN1CCN(Cc2ccc(-c3cc4nccc(Oc5ccc(NC(=O)NC6CC6)cc5F)c4s3)nc2)CC1. The minimum atomic E-state index is -0.573. The Bertz CT molecular complexity index is 1650. The van der Waals surface area contributed by atoms with Gasteiger partial charge in [-0.1, -0.05) is 6.07 Å². The van der Waals surface area contributed by atoms with Crippen LogP contribution in [0.25, 0.3) is 20.8 Å². The van der Waals surface area contributed by atoms with E-state index >= 15 is 0 Å². The van der Waals surface area contributed by atoms with Gasteiger partial charge in [-0.15, -0.1) is 11.3 Å². The molecule has 46 heavy (non-hydrogen) atoms. The number of amides is 2. The van der Waals surface area contributed by atoms with Gasteiger partial charge in [0.25, 0.3) is 0 Å². The number of carbonyl (C=O) groups excluding carboxylic acids is 2. The van der Waals surface area contributed by atoms with Gasteiger partial charge in [0.2, 0.25) is 0 Å². The summed E-state index contributed by atoms with van der Waals surface area (Å²) in [5.74, 6) is -0.111. The first-order chi connectivity index (χ1) is 22.4. The molecule has 2 N–H and O–H groups in total. The molecule has 1 saturated heterocycles. The normalized spacial score (nSPS) is 15.5. The van der Waals surface area contributed by atoms with Crippen LogP contribution >= 0.6 is 11.3 Å². The van der Waals surface area contributed by atoms with Crippen molar-refractivity contribution in [2.24, 2.45) is 0 Å². The fourth-order valence-electron chi connectivity index (χ4n) is 5.41. The molecule has 4 heterocycles. The number of hydrogen-bond acceptors (Lipinski definition) is 9. The van der Waals surface area contributed by atoms with E-state index in [-0.39, 0.29) is 23.8 Å². The molecule has 0 spiro atoms. The van der Waals surface area contributed by atoms with Crippen LogP contribution in [0.15, 0.2) is 54.9 Å². The van der Waals surface area contributed by atoms with Crippen LogP contribution in [0.1, 0.15) is 44.6 Å². The third-order valence-electron chi connectivity index (χ3n) is 8.06. The second-order valence-electron chi connectivity index (χ2n) is 11.7. The fraction of sp³-hybridized carbons (Fsp3) is 0.412. The number of ether oxygens (including phenoxy) is 2. The third kappa shape index (κ3) is 8.56. The van der Waals surface area contributed by atoms with Gasteiger partial charge in [0.1, 0.15) is 5.75 Å². The quantitative estimate of drug-likeness (QED) is 0.127. The van der Waals surface area contributed by atoms with Crippen molar-refractivity contribution in [3.8, 4) is 22.1 Å². The van der Waals surface area contributed by atoms with Crippen molar-refractivity contribution in [2.75, 3.05) is 44.6 Å². The summed E-state index contributed by atoms with van der Waals surface area (Å²) in [7, 11) is 0. The van der Waals surface area contributed by atoms with E-state index in [1.165, 1.54) is 23.5 Å². The zero-order chi connectivity index (χ0) is 31.9. The van der Waals surface area contributed by atoms with E-state index in [1.807, 2.05) is 25.3 Å². The van der Waals surface area contributed by atoms with Crippen molar-refractivity contribution in [2.45, 2.75) is 51.6 Å². The van der Waals surface area contributed by atoms with Gasteiger partial charge in [-0.2, -0.15) is 0 Å². The fourth-order valence-corrected chi connectivity index (χ4v) is 6.45. The molecule has 2 aliphatic rings. The summed E-state index contributed by atoms with van der Waals surface area (Å²) in [6.07, 6.45) is 7.90. The van der Waals surface area contributed by atoms with Gasteiger partial charge in [-0.3, -0.25) is 19.7 Å². The summed E-state index contributed by atoms with van der Waals surface area (Å²) >= 11 is 1.50. The number of fused-ring (bicyclic) bond motifs is 1. The number of halogens is 1. The number of hydrogen-bond donors (Lipinski definition) is 2. The van der Waals surface area contributed by atoms with Gasteiger partial charge in [0.05, 0.1) is 27.4 Å². The monoisotopic (exact) mass is 646 g/mol. The second kappa shape index (κ2) is 15.0. The molecule has 2 amide bonds. The summed E-state index contributed by atoms with van der Waals surface area (Å²) < 4.78 is 26.7. The molecule has 0 unspecified atom stereocenters. The maximum absolute atomic E-state index is 14.9. The second-order valence-corrected chi connectivity index (χ2v) is 12.7. The van der Waals surface area contributed by atoms with Crippen molar-refractivity contribution < 1.29 is 23.5 Å². The van der Waals surface area contributed by atoms with E-state index in [1.54, 1.807) is 18.3 Å². The Morgan fingerprint density at radius 1 is 1.00 bits per heavy atom. The van der Waals surface area contributed by atoms with Crippen molar-refractivity contribution in [3.05, 3.63) is 66.2 Å². The van der Waals surface area contributed by atoms with E-state index in [2.05, 4.69) is 31.5 Å². The van der Waals surface area contributed by atoms with Gasteiger partial charge in [-0.05, 0) is 69.0 Å². The van der Waals surface area contributed by atoms with Crippen LogP contribution in [-0.2, 0) is 16.1 Å². The van der Waals surface area contributed by atoms with Crippen LogP contribution in [0.2, 0.25) is 0 Å². The molecule has 1 saturated carbocycles. The third-order valence-corrected chi connectivity index (χ3v) is 9.22. The van der Waals surface area contributed by atoms with Crippen LogP contribution in [0.4, 0.5) is 14.9 Å². The van der Waals surface area contributed by atoms with Crippen LogP contribution in [-0.4, -0.2) is 77.1 Å². The van der Waals surface area contributed by atoms with Gasteiger partial charge in [0.15, 0.2) is 11.6 Å². The number of pyridine rings is 2. The zero-order valence-electron chi connectivity index (χ0n) is 26.0. The highest BCUT2D eigenvalue weighted by Gasteiger charge is 2.23. The first-order valence-corrected chi connectivity index (χ1v) is 16.7. The number of benzene rings is 1. The highest BCUT2D eigenvalue weighted by molar-refractivity contribution is 7.22. The molecule has 1 aliphatic heterocycles. The maximum atomic E-state index is 14.9. The Balaban J connectivity index is 1.02. The predicted octanol–water partition coefficient (Wildman–Crippen LogP) is 6.42. The van der Waals surface area contributed by atoms with Crippen LogP contribution in [0.5, 0.6) is 11.5 Å². The topological polar surface area (TPSA) is 109 Å². The number of anilines is 1.